The van der Waals surface area contributed by atoms with Crippen LogP contribution in [0.1, 0.15) is 12.0 Å². The number of halogens is 4. The summed E-state index contributed by atoms with van der Waals surface area (Å²) in [6, 6.07) is 9.11. The Morgan fingerprint density at radius 2 is 1.86 bits per heavy atom. The molecule has 0 saturated carbocycles. The SMILES string of the molecule is O=S(c1ccccc1F)n1cc(C(F)F)c2c(N3CCNCC3)cc(Br)cc21. The number of nitrogens with one attached hydrogen (secondary N) is 1. The van der Waals surface area contributed by atoms with Gasteiger partial charge >= 0.3 is 0 Å². The van der Waals surface area contributed by atoms with Crippen molar-refractivity contribution in [3.05, 3.63) is 58.4 Å². The number of benzene rings is 2. The van der Waals surface area contributed by atoms with Gasteiger partial charge in [0.05, 0.1) is 10.4 Å². The van der Waals surface area contributed by atoms with Gasteiger partial charge < -0.3 is 10.2 Å². The third kappa shape index (κ3) is 3.46. The average molecular weight is 472 g/mol. The highest BCUT2D eigenvalue weighted by Crippen LogP contribution is 2.39. The van der Waals surface area contributed by atoms with E-state index in [1.54, 1.807) is 18.2 Å². The van der Waals surface area contributed by atoms with Crippen LogP contribution >= 0.6 is 15.9 Å². The van der Waals surface area contributed by atoms with Crippen molar-refractivity contribution in [3.8, 4) is 0 Å². The van der Waals surface area contributed by atoms with E-state index in [9.17, 15) is 17.4 Å². The lowest BCUT2D eigenvalue weighted by molar-refractivity contribution is 0.153. The first-order chi connectivity index (χ1) is 13.5. The largest absolute Gasteiger partial charge is 0.368 e. The Hall–Kier alpha value is -1.84. The van der Waals surface area contributed by atoms with Crippen molar-refractivity contribution < 1.29 is 17.4 Å². The number of nitrogens with zero attached hydrogens (tertiary/aromatic N) is 2. The first-order valence-corrected chi connectivity index (χ1v) is 10.6. The quantitative estimate of drug-likeness (QED) is 0.610. The molecule has 4 nitrogen and oxygen atoms in total. The fourth-order valence-corrected chi connectivity index (χ4v) is 5.07. The zero-order valence-electron chi connectivity index (χ0n) is 14.7. The first kappa shape index (κ1) is 19.5. The third-order valence-electron chi connectivity index (χ3n) is 4.74. The minimum absolute atomic E-state index is 0.0519. The van der Waals surface area contributed by atoms with Crippen molar-refractivity contribution in [3.63, 3.8) is 0 Å². The molecule has 1 aliphatic heterocycles. The third-order valence-corrected chi connectivity index (χ3v) is 6.56. The molecule has 148 valence electrons. The molecule has 28 heavy (non-hydrogen) atoms. The molecule has 4 rings (SSSR count). The molecule has 0 bridgehead atoms. The number of anilines is 1. The zero-order valence-corrected chi connectivity index (χ0v) is 17.1. The van der Waals surface area contributed by atoms with Gasteiger partial charge in [-0.2, -0.15) is 0 Å². The maximum atomic E-state index is 14.2. The molecule has 9 heteroatoms. The smallest absolute Gasteiger partial charge is 0.266 e. The van der Waals surface area contributed by atoms with Crippen LogP contribution in [0, 0.1) is 5.82 Å². The van der Waals surface area contributed by atoms with Crippen LogP contribution in [0.5, 0.6) is 0 Å². The molecule has 0 aliphatic carbocycles. The topological polar surface area (TPSA) is 37.3 Å². The Morgan fingerprint density at radius 3 is 2.54 bits per heavy atom. The fourth-order valence-electron chi connectivity index (χ4n) is 3.46. The highest BCUT2D eigenvalue weighted by molar-refractivity contribution is 9.10. The van der Waals surface area contributed by atoms with Gasteiger partial charge in [-0.25, -0.2) is 17.4 Å². The molecule has 1 unspecified atom stereocenters. The minimum atomic E-state index is -2.75. The normalized spacial score (nSPS) is 16.1. The number of hydrogen-bond donors (Lipinski definition) is 1. The number of piperazine rings is 1. The molecule has 0 radical (unpaired) electrons. The number of aromatic nitrogens is 1. The number of rotatable bonds is 4. The second kappa shape index (κ2) is 7.88. The van der Waals surface area contributed by atoms with Crippen LogP contribution in [0.4, 0.5) is 18.9 Å². The second-order valence-electron chi connectivity index (χ2n) is 6.45. The van der Waals surface area contributed by atoms with Crippen molar-refractivity contribution in [1.82, 2.24) is 9.29 Å². The molecule has 1 N–H and O–H groups in total. The van der Waals surface area contributed by atoms with Crippen molar-refractivity contribution in [1.29, 1.82) is 0 Å². The summed E-state index contributed by atoms with van der Waals surface area (Å²) in [7, 11) is -1.99. The van der Waals surface area contributed by atoms with Gasteiger partial charge in [-0.15, -0.1) is 0 Å². The maximum absolute atomic E-state index is 14.2. The van der Waals surface area contributed by atoms with E-state index < -0.39 is 23.2 Å². The molecule has 0 spiro atoms. The van der Waals surface area contributed by atoms with E-state index >= 15 is 0 Å². The van der Waals surface area contributed by atoms with Crippen LogP contribution in [-0.2, 0) is 11.0 Å². The summed E-state index contributed by atoms with van der Waals surface area (Å²) >= 11 is 3.43. The van der Waals surface area contributed by atoms with E-state index in [1.165, 1.54) is 28.4 Å². The molecule has 1 atom stereocenters. The molecule has 1 saturated heterocycles. The predicted octanol–water partition coefficient (Wildman–Crippen LogP) is 4.46. The summed E-state index contributed by atoms with van der Waals surface area (Å²) < 4.78 is 56.9. The lowest BCUT2D eigenvalue weighted by Gasteiger charge is -2.30. The molecular formula is C19H17BrF3N3OS. The molecule has 1 fully saturated rings. The summed E-state index contributed by atoms with van der Waals surface area (Å²) in [5.41, 5.74) is 0.825. The van der Waals surface area contributed by atoms with E-state index in [0.717, 1.165) is 13.1 Å². The first-order valence-electron chi connectivity index (χ1n) is 8.72. The zero-order chi connectivity index (χ0) is 19.8. The van der Waals surface area contributed by atoms with Gasteiger partial charge in [0.1, 0.15) is 5.82 Å². The summed E-state index contributed by atoms with van der Waals surface area (Å²) in [6.45, 7) is 2.85. The lowest BCUT2D eigenvalue weighted by Crippen LogP contribution is -2.43. The molecule has 2 heterocycles. The van der Waals surface area contributed by atoms with E-state index in [4.69, 9.17) is 0 Å². The predicted molar refractivity (Wildman–Crippen MR) is 108 cm³/mol. The van der Waals surface area contributed by atoms with Crippen molar-refractivity contribution in [2.24, 2.45) is 0 Å². The van der Waals surface area contributed by atoms with E-state index in [1.807, 2.05) is 4.90 Å². The van der Waals surface area contributed by atoms with Gasteiger partial charge in [-0.3, -0.25) is 3.97 Å². The van der Waals surface area contributed by atoms with Gasteiger partial charge in [0.25, 0.3) is 6.43 Å². The van der Waals surface area contributed by atoms with Gasteiger partial charge in [0.15, 0.2) is 11.0 Å². The summed E-state index contributed by atoms with van der Waals surface area (Å²) in [5, 5.41) is 3.59. The molecule has 2 aromatic carbocycles. The molecule has 1 aliphatic rings. The summed E-state index contributed by atoms with van der Waals surface area (Å²) in [6.07, 6.45) is -1.57. The summed E-state index contributed by atoms with van der Waals surface area (Å²) in [5.74, 6) is -0.640. The highest BCUT2D eigenvalue weighted by Gasteiger charge is 2.26. The summed E-state index contributed by atoms with van der Waals surface area (Å²) in [4.78, 5) is 1.98. The van der Waals surface area contributed by atoms with E-state index in [2.05, 4.69) is 21.2 Å². The molecule has 1 aromatic heterocycles. The Bertz CT molecular complexity index is 1050. The monoisotopic (exact) mass is 471 g/mol. The van der Waals surface area contributed by atoms with Gasteiger partial charge in [-0.1, -0.05) is 28.1 Å². The minimum Gasteiger partial charge on any atom is -0.368 e. The number of alkyl halides is 2. The van der Waals surface area contributed by atoms with Crippen LogP contribution in [0.25, 0.3) is 10.9 Å². The van der Waals surface area contributed by atoms with Crippen LogP contribution < -0.4 is 10.2 Å². The maximum Gasteiger partial charge on any atom is 0.266 e. The highest BCUT2D eigenvalue weighted by atomic mass is 79.9. The standard InChI is InChI=1S/C19H17BrF3N3OS/c20-12-9-15(25-7-5-24-6-8-25)18-13(19(22)23)11-26(16(18)10-12)28(27)17-4-2-1-3-14(17)21/h1-4,9-11,19,24H,5-8H2. The Morgan fingerprint density at radius 1 is 1.14 bits per heavy atom. The second-order valence-corrected chi connectivity index (χ2v) is 8.69. The molecular weight excluding hydrogens is 455 g/mol. The lowest BCUT2D eigenvalue weighted by atomic mass is 10.1. The number of hydrogen-bond acceptors (Lipinski definition) is 3. The van der Waals surface area contributed by atoms with Crippen LogP contribution in [0.3, 0.4) is 0 Å². The van der Waals surface area contributed by atoms with Crippen LogP contribution in [0.15, 0.2) is 52.0 Å². The van der Waals surface area contributed by atoms with Crippen molar-refractivity contribution >= 4 is 43.5 Å². The van der Waals surface area contributed by atoms with E-state index in [-0.39, 0.29) is 10.5 Å². The van der Waals surface area contributed by atoms with Crippen molar-refractivity contribution in [2.45, 2.75) is 11.3 Å². The fraction of sp³-hybridized carbons (Fsp3) is 0.263. The Balaban J connectivity index is 1.95. The molecule has 0 amide bonds. The molecule has 3 aromatic rings. The Kier molecular flexibility index (Phi) is 5.48. The van der Waals surface area contributed by atoms with Gasteiger partial charge in [-0.05, 0) is 24.3 Å². The van der Waals surface area contributed by atoms with Gasteiger partial charge in [0.2, 0.25) is 0 Å². The van der Waals surface area contributed by atoms with Crippen LogP contribution in [0.2, 0.25) is 0 Å². The van der Waals surface area contributed by atoms with E-state index in [0.29, 0.717) is 34.2 Å². The number of fused-ring (bicyclic) bond motifs is 1. The van der Waals surface area contributed by atoms with Crippen LogP contribution in [-0.4, -0.2) is 34.4 Å². The van der Waals surface area contributed by atoms with Crippen molar-refractivity contribution in [2.75, 3.05) is 31.1 Å². The average Bonchev–Trinajstić information content (AvgIpc) is 3.07. The Labute approximate surface area is 171 Å². The van der Waals surface area contributed by atoms with Gasteiger partial charge in [0, 0.05) is 53.5 Å².